The van der Waals surface area contributed by atoms with Crippen molar-refractivity contribution in [1.82, 2.24) is 5.32 Å². The van der Waals surface area contributed by atoms with Crippen LogP contribution in [0.5, 0.6) is 0 Å². The van der Waals surface area contributed by atoms with E-state index >= 15 is 0 Å². The van der Waals surface area contributed by atoms with Crippen LogP contribution in [-0.4, -0.2) is 19.6 Å². The normalized spacial score (nSPS) is 10.4. The number of nitrogens with two attached hydrogens (primary N) is 1. The second kappa shape index (κ2) is 6.98. The maximum absolute atomic E-state index is 5.40. The molecule has 1 rings (SSSR count). The van der Waals surface area contributed by atoms with Crippen LogP contribution in [0.3, 0.4) is 0 Å². The fourth-order valence-corrected chi connectivity index (χ4v) is 1.72. The smallest absolute Gasteiger partial charge is 0.0178 e. The van der Waals surface area contributed by atoms with E-state index in [0.29, 0.717) is 0 Å². The summed E-state index contributed by atoms with van der Waals surface area (Å²) in [7, 11) is 0. The van der Waals surface area contributed by atoms with Crippen LogP contribution >= 0.6 is 15.9 Å². The van der Waals surface area contributed by atoms with Crippen molar-refractivity contribution in [2.24, 2.45) is 5.73 Å². The molecule has 0 aliphatic heterocycles. The molecule has 0 aliphatic carbocycles. The minimum atomic E-state index is 0.768. The third-order valence-electron chi connectivity index (χ3n) is 2.04. The molecule has 0 heterocycles. The molecule has 3 N–H and O–H groups in total. The molecule has 3 heteroatoms. The van der Waals surface area contributed by atoms with E-state index in [0.717, 1.165) is 36.9 Å². The van der Waals surface area contributed by atoms with Crippen LogP contribution in [0.2, 0.25) is 0 Å². The number of hydrogen-bond acceptors (Lipinski definition) is 2. The van der Waals surface area contributed by atoms with Crippen LogP contribution in [0.15, 0.2) is 28.7 Å². The average molecular weight is 257 g/mol. The molecule has 1 aromatic rings. The van der Waals surface area contributed by atoms with Crippen molar-refractivity contribution >= 4 is 15.9 Å². The van der Waals surface area contributed by atoms with Crippen molar-refractivity contribution < 1.29 is 0 Å². The standard InChI is InChI=1S/C11H17BrN2/c12-11-4-1-3-10(9-11)5-8-14-7-2-6-13/h1,3-4,9,14H,2,5-8,13H2. The van der Waals surface area contributed by atoms with Crippen molar-refractivity contribution in [3.63, 3.8) is 0 Å². The molecule has 0 spiro atoms. The predicted molar refractivity (Wildman–Crippen MR) is 64.4 cm³/mol. The Bertz CT molecular complexity index is 263. The molecule has 2 nitrogen and oxygen atoms in total. The topological polar surface area (TPSA) is 38.0 Å². The maximum atomic E-state index is 5.40. The average Bonchev–Trinajstić information content (AvgIpc) is 2.18. The molecule has 14 heavy (non-hydrogen) atoms. The summed E-state index contributed by atoms with van der Waals surface area (Å²) in [5, 5.41) is 3.36. The van der Waals surface area contributed by atoms with Gasteiger partial charge in [0, 0.05) is 4.47 Å². The van der Waals surface area contributed by atoms with E-state index in [2.05, 4.69) is 39.4 Å². The Balaban J connectivity index is 2.18. The lowest BCUT2D eigenvalue weighted by atomic mass is 10.1. The first kappa shape index (κ1) is 11.7. The van der Waals surface area contributed by atoms with Gasteiger partial charge in [0.1, 0.15) is 0 Å². The van der Waals surface area contributed by atoms with Gasteiger partial charge in [-0.3, -0.25) is 0 Å². The third kappa shape index (κ3) is 4.74. The number of nitrogens with one attached hydrogen (secondary N) is 1. The van der Waals surface area contributed by atoms with Crippen molar-refractivity contribution in [1.29, 1.82) is 0 Å². The van der Waals surface area contributed by atoms with Crippen LogP contribution in [-0.2, 0) is 6.42 Å². The van der Waals surface area contributed by atoms with Crippen molar-refractivity contribution in [3.05, 3.63) is 34.3 Å². The van der Waals surface area contributed by atoms with Gasteiger partial charge in [0.25, 0.3) is 0 Å². The van der Waals surface area contributed by atoms with Crippen LogP contribution in [0.4, 0.5) is 0 Å². The molecular weight excluding hydrogens is 240 g/mol. The molecule has 0 unspecified atom stereocenters. The summed E-state index contributed by atoms with van der Waals surface area (Å²) in [4.78, 5) is 0. The van der Waals surface area contributed by atoms with E-state index in [1.807, 2.05) is 6.07 Å². The maximum Gasteiger partial charge on any atom is 0.0178 e. The molecule has 0 saturated carbocycles. The van der Waals surface area contributed by atoms with Crippen LogP contribution in [0, 0.1) is 0 Å². The highest BCUT2D eigenvalue weighted by molar-refractivity contribution is 9.10. The van der Waals surface area contributed by atoms with E-state index in [9.17, 15) is 0 Å². The molecule has 0 atom stereocenters. The number of halogens is 1. The minimum absolute atomic E-state index is 0.768. The van der Waals surface area contributed by atoms with E-state index in [1.54, 1.807) is 0 Å². The molecule has 0 aliphatic rings. The molecule has 0 saturated heterocycles. The van der Waals surface area contributed by atoms with Gasteiger partial charge in [0.15, 0.2) is 0 Å². The molecule has 0 fully saturated rings. The van der Waals surface area contributed by atoms with Crippen molar-refractivity contribution in [2.45, 2.75) is 12.8 Å². The van der Waals surface area contributed by atoms with E-state index < -0.39 is 0 Å². The van der Waals surface area contributed by atoms with Gasteiger partial charge in [-0.2, -0.15) is 0 Å². The zero-order chi connectivity index (χ0) is 10.2. The van der Waals surface area contributed by atoms with Gasteiger partial charge < -0.3 is 11.1 Å². The summed E-state index contributed by atoms with van der Waals surface area (Å²) >= 11 is 3.46. The summed E-state index contributed by atoms with van der Waals surface area (Å²) < 4.78 is 1.15. The highest BCUT2D eigenvalue weighted by Gasteiger charge is 1.93. The van der Waals surface area contributed by atoms with Gasteiger partial charge in [0.2, 0.25) is 0 Å². The molecule has 0 bridgehead atoms. The first-order chi connectivity index (χ1) is 6.83. The molecule has 0 amide bonds. The van der Waals surface area contributed by atoms with Crippen LogP contribution in [0.25, 0.3) is 0 Å². The second-order valence-electron chi connectivity index (χ2n) is 3.27. The molecule has 0 radical (unpaired) electrons. The van der Waals surface area contributed by atoms with Gasteiger partial charge in [0.05, 0.1) is 0 Å². The predicted octanol–water partition coefficient (Wildman–Crippen LogP) is 1.93. The first-order valence-corrected chi connectivity index (χ1v) is 5.77. The highest BCUT2D eigenvalue weighted by atomic mass is 79.9. The lowest BCUT2D eigenvalue weighted by molar-refractivity contribution is 0.653. The summed E-state index contributed by atoms with van der Waals surface area (Å²) in [6.07, 6.45) is 2.13. The first-order valence-electron chi connectivity index (χ1n) is 4.98. The summed E-state index contributed by atoms with van der Waals surface area (Å²) in [6.45, 7) is 2.81. The van der Waals surface area contributed by atoms with Gasteiger partial charge >= 0.3 is 0 Å². The Morgan fingerprint density at radius 1 is 1.29 bits per heavy atom. The quantitative estimate of drug-likeness (QED) is 0.764. The van der Waals surface area contributed by atoms with E-state index in [4.69, 9.17) is 5.73 Å². The third-order valence-corrected chi connectivity index (χ3v) is 2.53. The summed E-state index contributed by atoms with van der Waals surface area (Å²) in [5.74, 6) is 0. The molecule has 0 aromatic heterocycles. The lowest BCUT2D eigenvalue weighted by Crippen LogP contribution is -2.20. The SMILES string of the molecule is NCCCNCCc1cccc(Br)c1. The monoisotopic (exact) mass is 256 g/mol. The zero-order valence-corrected chi connectivity index (χ0v) is 9.89. The van der Waals surface area contributed by atoms with E-state index in [-0.39, 0.29) is 0 Å². The molecule has 78 valence electrons. The Morgan fingerprint density at radius 3 is 2.86 bits per heavy atom. The highest BCUT2D eigenvalue weighted by Crippen LogP contribution is 2.11. The fourth-order valence-electron chi connectivity index (χ4n) is 1.28. The zero-order valence-electron chi connectivity index (χ0n) is 8.30. The van der Waals surface area contributed by atoms with E-state index in [1.165, 1.54) is 5.56 Å². The number of hydrogen-bond donors (Lipinski definition) is 2. The summed E-state index contributed by atoms with van der Waals surface area (Å²) in [5.41, 5.74) is 6.76. The fraction of sp³-hybridized carbons (Fsp3) is 0.455. The van der Waals surface area contributed by atoms with Crippen LogP contribution < -0.4 is 11.1 Å². The Labute approximate surface area is 94.0 Å². The van der Waals surface area contributed by atoms with Crippen molar-refractivity contribution in [3.8, 4) is 0 Å². The largest absolute Gasteiger partial charge is 0.330 e. The molecule has 1 aromatic carbocycles. The van der Waals surface area contributed by atoms with Gasteiger partial charge in [-0.15, -0.1) is 0 Å². The summed E-state index contributed by atoms with van der Waals surface area (Å²) in [6, 6.07) is 8.42. The van der Waals surface area contributed by atoms with Crippen molar-refractivity contribution in [2.75, 3.05) is 19.6 Å². The van der Waals surface area contributed by atoms with Crippen LogP contribution in [0.1, 0.15) is 12.0 Å². The van der Waals surface area contributed by atoms with Gasteiger partial charge in [-0.25, -0.2) is 0 Å². The molecular formula is C11H17BrN2. The number of benzene rings is 1. The number of rotatable bonds is 6. The Morgan fingerprint density at radius 2 is 2.14 bits per heavy atom. The van der Waals surface area contributed by atoms with Gasteiger partial charge in [-0.05, 0) is 50.2 Å². The van der Waals surface area contributed by atoms with Gasteiger partial charge in [-0.1, -0.05) is 28.1 Å². The lowest BCUT2D eigenvalue weighted by Gasteiger charge is -2.04. The second-order valence-corrected chi connectivity index (χ2v) is 4.19. The Hall–Kier alpha value is -0.380. The minimum Gasteiger partial charge on any atom is -0.330 e. The Kier molecular flexibility index (Phi) is 5.83.